The van der Waals surface area contributed by atoms with Crippen LogP contribution in [-0.2, 0) is 16.6 Å². The summed E-state index contributed by atoms with van der Waals surface area (Å²) in [5.41, 5.74) is 1.39. The van der Waals surface area contributed by atoms with Gasteiger partial charge in [0.1, 0.15) is 5.82 Å². The number of sulfonamides is 1. The van der Waals surface area contributed by atoms with E-state index >= 15 is 0 Å². The van der Waals surface area contributed by atoms with Gasteiger partial charge in [0.05, 0.1) is 10.6 Å². The molecule has 8 heteroatoms. The largest absolute Gasteiger partial charge is 0.348 e. The standard InChI is InChI=1S/C21H18ClFN2O3S/c1-25(19-11-9-18(23)10-12-19)29(27,28)20-4-2-3-16(13-20)21(26)24-14-15-5-7-17(22)8-6-15/h2-13H,14H2,1H3,(H,24,26). The first-order valence-corrected chi connectivity index (χ1v) is 10.5. The van der Waals surface area contributed by atoms with Gasteiger partial charge in [-0.05, 0) is 60.2 Å². The Bertz CT molecular complexity index is 1120. The molecule has 5 nitrogen and oxygen atoms in total. The maximum atomic E-state index is 13.1. The Morgan fingerprint density at radius 2 is 1.69 bits per heavy atom. The summed E-state index contributed by atoms with van der Waals surface area (Å²) >= 11 is 5.84. The monoisotopic (exact) mass is 432 g/mol. The molecule has 3 aromatic rings. The first kappa shape index (κ1) is 20.8. The predicted octanol–water partition coefficient (Wildman–Crippen LogP) is 4.23. The molecule has 29 heavy (non-hydrogen) atoms. The molecule has 1 amide bonds. The lowest BCUT2D eigenvalue weighted by molar-refractivity contribution is 0.0950. The Labute approximate surface area is 173 Å². The molecule has 1 N–H and O–H groups in total. The van der Waals surface area contributed by atoms with Crippen LogP contribution >= 0.6 is 11.6 Å². The zero-order chi connectivity index (χ0) is 21.0. The maximum Gasteiger partial charge on any atom is 0.264 e. The van der Waals surface area contributed by atoms with E-state index < -0.39 is 21.7 Å². The van der Waals surface area contributed by atoms with E-state index in [1.807, 2.05) is 0 Å². The van der Waals surface area contributed by atoms with Crippen LogP contribution in [0.15, 0.2) is 77.7 Å². The van der Waals surface area contributed by atoms with Gasteiger partial charge in [0, 0.05) is 24.2 Å². The minimum Gasteiger partial charge on any atom is -0.348 e. The quantitative estimate of drug-likeness (QED) is 0.633. The van der Waals surface area contributed by atoms with Crippen LogP contribution in [0.25, 0.3) is 0 Å². The molecule has 3 aromatic carbocycles. The molecule has 0 aliphatic rings. The number of anilines is 1. The van der Waals surface area contributed by atoms with Gasteiger partial charge in [-0.1, -0.05) is 29.8 Å². The number of halogens is 2. The van der Waals surface area contributed by atoms with Gasteiger partial charge in [-0.25, -0.2) is 12.8 Å². The minimum absolute atomic E-state index is 0.0385. The van der Waals surface area contributed by atoms with Crippen LogP contribution in [-0.4, -0.2) is 21.4 Å². The van der Waals surface area contributed by atoms with Crippen molar-refractivity contribution >= 4 is 33.2 Å². The molecule has 0 atom stereocenters. The third-order valence-electron chi connectivity index (χ3n) is 4.31. The highest BCUT2D eigenvalue weighted by Gasteiger charge is 2.22. The van der Waals surface area contributed by atoms with Crippen LogP contribution in [0.2, 0.25) is 5.02 Å². The van der Waals surface area contributed by atoms with Crippen molar-refractivity contribution in [3.63, 3.8) is 0 Å². The summed E-state index contributed by atoms with van der Waals surface area (Å²) in [6.45, 7) is 0.280. The van der Waals surface area contributed by atoms with Crippen molar-refractivity contribution in [2.75, 3.05) is 11.4 Å². The molecule has 0 aromatic heterocycles. The highest BCUT2D eigenvalue weighted by molar-refractivity contribution is 7.92. The second-order valence-electron chi connectivity index (χ2n) is 6.29. The Kier molecular flexibility index (Phi) is 6.20. The molecule has 0 aliphatic heterocycles. The number of amides is 1. The summed E-state index contributed by atoms with van der Waals surface area (Å²) in [7, 11) is -2.55. The summed E-state index contributed by atoms with van der Waals surface area (Å²) in [6, 6.07) is 17.9. The van der Waals surface area contributed by atoms with Gasteiger partial charge >= 0.3 is 0 Å². The summed E-state index contributed by atoms with van der Waals surface area (Å²) in [4.78, 5) is 12.4. The van der Waals surface area contributed by atoms with Gasteiger partial charge in [0.15, 0.2) is 0 Å². The van der Waals surface area contributed by atoms with Crippen molar-refractivity contribution in [3.8, 4) is 0 Å². The first-order chi connectivity index (χ1) is 13.8. The lowest BCUT2D eigenvalue weighted by Crippen LogP contribution is -2.27. The van der Waals surface area contributed by atoms with Crippen LogP contribution in [0.5, 0.6) is 0 Å². The summed E-state index contributed by atoms with van der Waals surface area (Å²) in [5, 5.41) is 3.35. The first-order valence-electron chi connectivity index (χ1n) is 8.64. The molecule has 0 radical (unpaired) electrons. The van der Waals surface area contributed by atoms with Crippen LogP contribution in [0.4, 0.5) is 10.1 Å². The Morgan fingerprint density at radius 1 is 1.03 bits per heavy atom. The van der Waals surface area contributed by atoms with Crippen molar-refractivity contribution in [2.24, 2.45) is 0 Å². The molecular formula is C21H18ClFN2O3S. The van der Waals surface area contributed by atoms with Crippen molar-refractivity contribution in [1.29, 1.82) is 0 Å². The lowest BCUT2D eigenvalue weighted by Gasteiger charge is -2.19. The van der Waals surface area contributed by atoms with E-state index in [1.54, 1.807) is 24.3 Å². The van der Waals surface area contributed by atoms with E-state index in [4.69, 9.17) is 11.6 Å². The third kappa shape index (κ3) is 4.93. The fourth-order valence-electron chi connectivity index (χ4n) is 2.63. The number of nitrogens with zero attached hydrogens (tertiary/aromatic N) is 1. The summed E-state index contributed by atoms with van der Waals surface area (Å²) in [6.07, 6.45) is 0. The smallest absolute Gasteiger partial charge is 0.264 e. The number of rotatable bonds is 6. The zero-order valence-electron chi connectivity index (χ0n) is 15.5. The van der Waals surface area contributed by atoms with Gasteiger partial charge in [-0.3, -0.25) is 9.10 Å². The predicted molar refractivity (Wildman–Crippen MR) is 111 cm³/mol. The van der Waals surface area contributed by atoms with Crippen molar-refractivity contribution < 1.29 is 17.6 Å². The van der Waals surface area contributed by atoms with E-state index in [9.17, 15) is 17.6 Å². The number of nitrogens with one attached hydrogen (secondary N) is 1. The third-order valence-corrected chi connectivity index (χ3v) is 6.34. The van der Waals surface area contributed by atoms with Crippen molar-refractivity contribution in [3.05, 3.63) is 94.8 Å². The highest BCUT2D eigenvalue weighted by atomic mass is 35.5. The van der Waals surface area contributed by atoms with E-state index in [-0.39, 0.29) is 17.0 Å². The molecule has 0 spiro atoms. The van der Waals surface area contributed by atoms with Gasteiger partial charge in [-0.2, -0.15) is 0 Å². The molecule has 0 fully saturated rings. The second kappa shape index (κ2) is 8.63. The average molecular weight is 433 g/mol. The molecule has 0 saturated heterocycles. The summed E-state index contributed by atoms with van der Waals surface area (Å²) < 4.78 is 39.9. The maximum absolute atomic E-state index is 13.1. The SMILES string of the molecule is CN(c1ccc(F)cc1)S(=O)(=O)c1cccc(C(=O)NCc2ccc(Cl)cc2)c1. The number of carbonyl (C=O) groups is 1. The van der Waals surface area contributed by atoms with Gasteiger partial charge in [-0.15, -0.1) is 0 Å². The fraction of sp³-hybridized carbons (Fsp3) is 0.0952. The van der Waals surface area contributed by atoms with Gasteiger partial charge in [0.25, 0.3) is 15.9 Å². The molecule has 0 saturated carbocycles. The van der Waals surface area contributed by atoms with Crippen LogP contribution < -0.4 is 9.62 Å². The number of benzene rings is 3. The molecule has 3 rings (SSSR count). The molecular weight excluding hydrogens is 415 g/mol. The van der Waals surface area contributed by atoms with Gasteiger partial charge < -0.3 is 5.32 Å². The van der Waals surface area contributed by atoms with E-state index in [0.717, 1.165) is 9.87 Å². The molecule has 0 bridgehead atoms. The minimum atomic E-state index is -3.92. The Balaban J connectivity index is 1.77. The number of hydrogen-bond donors (Lipinski definition) is 1. The van der Waals surface area contributed by atoms with Crippen LogP contribution in [0, 0.1) is 5.82 Å². The molecule has 0 unspecified atom stereocenters. The average Bonchev–Trinajstić information content (AvgIpc) is 2.73. The Morgan fingerprint density at radius 3 is 2.34 bits per heavy atom. The van der Waals surface area contributed by atoms with E-state index in [2.05, 4.69) is 5.32 Å². The van der Waals surface area contributed by atoms with Crippen molar-refractivity contribution in [1.82, 2.24) is 5.32 Å². The van der Waals surface area contributed by atoms with E-state index in [0.29, 0.717) is 10.7 Å². The molecule has 0 heterocycles. The van der Waals surface area contributed by atoms with Crippen LogP contribution in [0.1, 0.15) is 15.9 Å². The summed E-state index contributed by atoms with van der Waals surface area (Å²) in [5.74, 6) is -0.861. The number of hydrogen-bond acceptors (Lipinski definition) is 3. The lowest BCUT2D eigenvalue weighted by atomic mass is 10.2. The zero-order valence-corrected chi connectivity index (χ0v) is 17.0. The van der Waals surface area contributed by atoms with Crippen LogP contribution in [0.3, 0.4) is 0 Å². The highest BCUT2D eigenvalue weighted by Crippen LogP contribution is 2.23. The molecule has 0 aliphatic carbocycles. The second-order valence-corrected chi connectivity index (χ2v) is 8.69. The Hall–Kier alpha value is -2.90. The van der Waals surface area contributed by atoms with E-state index in [1.165, 1.54) is 55.6 Å². The topological polar surface area (TPSA) is 66.5 Å². The molecule has 150 valence electrons. The fourth-order valence-corrected chi connectivity index (χ4v) is 4.00. The van der Waals surface area contributed by atoms with Gasteiger partial charge in [0.2, 0.25) is 0 Å². The number of carbonyl (C=O) groups excluding carboxylic acids is 1. The van der Waals surface area contributed by atoms with Crippen molar-refractivity contribution in [2.45, 2.75) is 11.4 Å². The normalized spacial score (nSPS) is 11.1.